The van der Waals surface area contributed by atoms with Gasteiger partial charge in [-0.05, 0) is 12.1 Å². The standard InChI is InChI=1S/C9H6Cl2O4/c10-6-1-5(3-12)2-7(11)9(6)15-4-8(13)14/h1-3H,4H2,(H,13,14). The first kappa shape index (κ1) is 11.8. The molecule has 0 aliphatic rings. The van der Waals surface area contributed by atoms with Crippen LogP contribution in [0.5, 0.6) is 5.75 Å². The summed E-state index contributed by atoms with van der Waals surface area (Å²) in [6.45, 7) is -0.542. The van der Waals surface area contributed by atoms with Crippen molar-refractivity contribution in [2.24, 2.45) is 0 Å². The molecule has 0 saturated carbocycles. The number of carboxylic acids is 1. The molecule has 80 valence electrons. The molecule has 0 aromatic heterocycles. The SMILES string of the molecule is O=Cc1cc(Cl)c(OCC(=O)O)c(Cl)c1. The molecule has 6 heteroatoms. The Morgan fingerprint density at radius 3 is 2.33 bits per heavy atom. The van der Waals surface area contributed by atoms with E-state index in [9.17, 15) is 9.59 Å². The lowest BCUT2D eigenvalue weighted by Crippen LogP contribution is -2.10. The molecule has 4 nitrogen and oxygen atoms in total. The van der Waals surface area contributed by atoms with Gasteiger partial charge in [-0.25, -0.2) is 4.79 Å². The minimum Gasteiger partial charge on any atom is -0.479 e. The first-order valence-electron chi connectivity index (χ1n) is 3.83. The van der Waals surface area contributed by atoms with Crippen LogP contribution in [0.3, 0.4) is 0 Å². The Kier molecular flexibility index (Phi) is 3.94. The van der Waals surface area contributed by atoms with Crippen LogP contribution in [0.25, 0.3) is 0 Å². The molecule has 0 fully saturated rings. The third kappa shape index (κ3) is 3.11. The Morgan fingerprint density at radius 1 is 1.40 bits per heavy atom. The molecule has 0 heterocycles. The fourth-order valence-corrected chi connectivity index (χ4v) is 1.53. The van der Waals surface area contributed by atoms with Gasteiger partial charge in [0.15, 0.2) is 12.4 Å². The molecule has 0 aliphatic carbocycles. The van der Waals surface area contributed by atoms with Gasteiger partial charge in [0.05, 0.1) is 10.0 Å². The molecular formula is C9H6Cl2O4. The maximum atomic E-state index is 10.4. The van der Waals surface area contributed by atoms with Crippen molar-refractivity contribution in [2.45, 2.75) is 0 Å². The second kappa shape index (κ2) is 5.00. The highest BCUT2D eigenvalue weighted by molar-refractivity contribution is 6.37. The highest BCUT2D eigenvalue weighted by Gasteiger charge is 2.10. The Balaban J connectivity index is 2.97. The van der Waals surface area contributed by atoms with E-state index in [1.165, 1.54) is 12.1 Å². The number of rotatable bonds is 4. The highest BCUT2D eigenvalue weighted by Crippen LogP contribution is 2.33. The summed E-state index contributed by atoms with van der Waals surface area (Å²) in [5.41, 5.74) is 0.299. The number of carbonyl (C=O) groups is 2. The van der Waals surface area contributed by atoms with Crippen molar-refractivity contribution in [3.63, 3.8) is 0 Å². The molecule has 0 amide bonds. The molecule has 0 saturated heterocycles. The van der Waals surface area contributed by atoms with Gasteiger partial charge in [-0.2, -0.15) is 0 Å². The first-order valence-corrected chi connectivity index (χ1v) is 4.59. The lowest BCUT2D eigenvalue weighted by molar-refractivity contribution is -0.139. The average molecular weight is 249 g/mol. The summed E-state index contributed by atoms with van der Waals surface area (Å²) in [6, 6.07) is 2.69. The second-order valence-electron chi connectivity index (χ2n) is 2.61. The van der Waals surface area contributed by atoms with Crippen molar-refractivity contribution in [1.82, 2.24) is 0 Å². The predicted octanol–water partition coefficient (Wildman–Crippen LogP) is 2.27. The lowest BCUT2D eigenvalue weighted by atomic mass is 10.2. The normalized spacial score (nSPS) is 9.73. The van der Waals surface area contributed by atoms with Crippen LogP contribution in [0.4, 0.5) is 0 Å². The van der Waals surface area contributed by atoms with Crippen LogP contribution in [0.15, 0.2) is 12.1 Å². The van der Waals surface area contributed by atoms with E-state index < -0.39 is 12.6 Å². The number of hydrogen-bond acceptors (Lipinski definition) is 3. The predicted molar refractivity (Wildman–Crippen MR) is 55.0 cm³/mol. The molecule has 0 bridgehead atoms. The molecule has 1 N–H and O–H groups in total. The quantitative estimate of drug-likeness (QED) is 0.831. The van der Waals surface area contributed by atoms with Gasteiger partial charge in [0.2, 0.25) is 0 Å². The van der Waals surface area contributed by atoms with Gasteiger partial charge in [-0.15, -0.1) is 0 Å². The number of ether oxygens (including phenoxy) is 1. The van der Waals surface area contributed by atoms with E-state index in [1.54, 1.807) is 0 Å². The highest BCUT2D eigenvalue weighted by atomic mass is 35.5. The zero-order valence-corrected chi connectivity index (χ0v) is 8.88. The number of aliphatic carboxylic acids is 1. The van der Waals surface area contributed by atoms with E-state index in [0.29, 0.717) is 11.8 Å². The molecule has 1 aromatic carbocycles. The van der Waals surface area contributed by atoms with Gasteiger partial charge in [-0.1, -0.05) is 23.2 Å². The number of carbonyl (C=O) groups excluding carboxylic acids is 1. The molecule has 0 radical (unpaired) electrons. The Hall–Kier alpha value is -1.26. The zero-order valence-electron chi connectivity index (χ0n) is 7.37. The van der Waals surface area contributed by atoms with E-state index >= 15 is 0 Å². The number of hydrogen-bond donors (Lipinski definition) is 1. The fraction of sp³-hybridized carbons (Fsp3) is 0.111. The van der Waals surface area contributed by atoms with Gasteiger partial charge in [0.1, 0.15) is 6.29 Å². The number of halogens is 2. The monoisotopic (exact) mass is 248 g/mol. The molecule has 0 unspecified atom stereocenters. The first-order chi connectivity index (χ1) is 7.04. The van der Waals surface area contributed by atoms with Gasteiger partial charge < -0.3 is 9.84 Å². The van der Waals surface area contributed by atoms with Crippen LogP contribution in [0.2, 0.25) is 10.0 Å². The molecule has 1 aromatic rings. The van der Waals surface area contributed by atoms with Crippen LogP contribution in [0, 0.1) is 0 Å². The van der Waals surface area contributed by atoms with Crippen molar-refractivity contribution >= 4 is 35.5 Å². The van der Waals surface area contributed by atoms with Crippen molar-refractivity contribution in [1.29, 1.82) is 0 Å². The maximum Gasteiger partial charge on any atom is 0.341 e. The third-order valence-corrected chi connectivity index (χ3v) is 2.06. The van der Waals surface area contributed by atoms with Crippen LogP contribution in [-0.2, 0) is 4.79 Å². The van der Waals surface area contributed by atoms with Crippen LogP contribution in [0.1, 0.15) is 10.4 Å². The van der Waals surface area contributed by atoms with E-state index in [4.69, 9.17) is 33.0 Å². The van der Waals surface area contributed by atoms with E-state index in [0.717, 1.165) is 0 Å². The number of benzene rings is 1. The molecule has 0 aliphatic heterocycles. The summed E-state index contributed by atoms with van der Waals surface area (Å²) >= 11 is 11.5. The van der Waals surface area contributed by atoms with Crippen molar-refractivity contribution in [3.8, 4) is 5.75 Å². The van der Waals surface area contributed by atoms with Gasteiger partial charge in [0, 0.05) is 5.56 Å². The summed E-state index contributed by atoms with van der Waals surface area (Å²) in [5, 5.41) is 8.60. The van der Waals surface area contributed by atoms with Gasteiger partial charge in [-0.3, -0.25) is 4.79 Å². The Labute approximate surface area is 95.4 Å². The van der Waals surface area contributed by atoms with Gasteiger partial charge >= 0.3 is 5.97 Å². The molecule has 0 spiro atoms. The average Bonchev–Trinajstić information content (AvgIpc) is 2.15. The fourth-order valence-electron chi connectivity index (χ4n) is 0.919. The van der Waals surface area contributed by atoms with Crippen LogP contribution in [-0.4, -0.2) is 24.0 Å². The molecule has 0 atom stereocenters. The number of carboxylic acid groups (broad SMARTS) is 1. The maximum absolute atomic E-state index is 10.4. The largest absolute Gasteiger partial charge is 0.479 e. The summed E-state index contributed by atoms with van der Waals surface area (Å²) in [6.07, 6.45) is 0.582. The minimum absolute atomic E-state index is 0.0614. The van der Waals surface area contributed by atoms with Crippen molar-refractivity contribution < 1.29 is 19.4 Å². The molecule has 1 rings (SSSR count). The van der Waals surface area contributed by atoms with Crippen molar-refractivity contribution in [3.05, 3.63) is 27.7 Å². The molecular weight excluding hydrogens is 243 g/mol. The molecule has 15 heavy (non-hydrogen) atoms. The van der Waals surface area contributed by atoms with Gasteiger partial charge in [0.25, 0.3) is 0 Å². The summed E-state index contributed by atoms with van der Waals surface area (Å²) < 4.78 is 4.85. The Morgan fingerprint density at radius 2 is 1.93 bits per heavy atom. The van der Waals surface area contributed by atoms with Crippen LogP contribution < -0.4 is 4.74 Å². The Bertz CT molecular complexity index is 380. The summed E-state index contributed by atoms with van der Waals surface area (Å²) in [5.74, 6) is -1.08. The van der Waals surface area contributed by atoms with E-state index in [2.05, 4.69) is 0 Å². The summed E-state index contributed by atoms with van der Waals surface area (Å²) in [7, 11) is 0. The topological polar surface area (TPSA) is 63.6 Å². The second-order valence-corrected chi connectivity index (χ2v) is 3.43. The third-order valence-electron chi connectivity index (χ3n) is 1.50. The van der Waals surface area contributed by atoms with E-state index in [-0.39, 0.29) is 15.8 Å². The minimum atomic E-state index is -1.14. The summed E-state index contributed by atoms with van der Waals surface area (Å²) in [4.78, 5) is 20.7. The van der Waals surface area contributed by atoms with Crippen molar-refractivity contribution in [2.75, 3.05) is 6.61 Å². The number of aldehydes is 1. The van der Waals surface area contributed by atoms with E-state index in [1.807, 2.05) is 0 Å². The zero-order chi connectivity index (χ0) is 11.4. The van der Waals surface area contributed by atoms with Crippen LogP contribution >= 0.6 is 23.2 Å². The smallest absolute Gasteiger partial charge is 0.341 e. The lowest BCUT2D eigenvalue weighted by Gasteiger charge is -2.07.